The molecular formula is C22H28N8O2S. The number of nitrogens with zero attached hydrogens (tertiary/aromatic N) is 6. The fourth-order valence-corrected chi connectivity index (χ4v) is 5.38. The summed E-state index contributed by atoms with van der Waals surface area (Å²) in [5.41, 5.74) is 3.50. The van der Waals surface area contributed by atoms with Crippen LogP contribution in [0, 0.1) is 12.8 Å². The van der Waals surface area contributed by atoms with Gasteiger partial charge in [0.15, 0.2) is 5.82 Å². The first kappa shape index (κ1) is 21.8. The van der Waals surface area contributed by atoms with Crippen LogP contribution in [0.1, 0.15) is 18.4 Å². The maximum Gasteiger partial charge on any atom is 0.232 e. The second-order valence-corrected chi connectivity index (χ2v) is 10.7. The lowest BCUT2D eigenvalue weighted by Crippen LogP contribution is -2.45. The minimum atomic E-state index is -3.36. The van der Waals surface area contributed by atoms with Crippen LogP contribution in [0.5, 0.6) is 0 Å². The van der Waals surface area contributed by atoms with Crippen LogP contribution in [-0.2, 0) is 10.0 Å². The van der Waals surface area contributed by atoms with Crippen molar-refractivity contribution in [3.63, 3.8) is 0 Å². The molecule has 1 saturated heterocycles. The third-order valence-electron chi connectivity index (χ3n) is 6.07. The molecule has 11 heteroatoms. The van der Waals surface area contributed by atoms with E-state index < -0.39 is 10.0 Å². The Morgan fingerprint density at radius 2 is 1.88 bits per heavy atom. The van der Waals surface area contributed by atoms with E-state index in [1.54, 1.807) is 18.3 Å². The van der Waals surface area contributed by atoms with Gasteiger partial charge in [0, 0.05) is 31.9 Å². The molecule has 10 nitrogen and oxygen atoms in total. The Balaban J connectivity index is 1.41. The van der Waals surface area contributed by atoms with Crippen molar-refractivity contribution in [2.24, 2.45) is 5.92 Å². The van der Waals surface area contributed by atoms with Gasteiger partial charge in [-0.05, 0) is 50.4 Å². The molecule has 1 saturated carbocycles. The van der Waals surface area contributed by atoms with Gasteiger partial charge >= 0.3 is 0 Å². The number of piperazine rings is 1. The van der Waals surface area contributed by atoms with Crippen molar-refractivity contribution < 1.29 is 8.42 Å². The van der Waals surface area contributed by atoms with Gasteiger partial charge in [-0.25, -0.2) is 28.4 Å². The molecule has 0 atom stereocenters. The van der Waals surface area contributed by atoms with Crippen LogP contribution in [0.2, 0.25) is 0 Å². The largest absolute Gasteiger partial charge is 0.338 e. The first-order chi connectivity index (χ1) is 15.9. The Morgan fingerprint density at radius 1 is 1.09 bits per heavy atom. The van der Waals surface area contributed by atoms with Crippen LogP contribution in [0.25, 0.3) is 11.0 Å². The second kappa shape index (κ2) is 8.71. The summed E-state index contributed by atoms with van der Waals surface area (Å²) in [5.74, 6) is 1.67. The van der Waals surface area contributed by atoms with Gasteiger partial charge in [-0.2, -0.15) is 0 Å². The SMILES string of the molecule is Cc1ccc(NS(=O)(=O)CC2CC2)cc1Nc1ncnc2cnc(N3CCN(C)CC3)nc12. The van der Waals surface area contributed by atoms with E-state index in [1.165, 1.54) is 6.33 Å². The quantitative estimate of drug-likeness (QED) is 0.539. The summed E-state index contributed by atoms with van der Waals surface area (Å²) in [5, 5.41) is 3.33. The summed E-state index contributed by atoms with van der Waals surface area (Å²) in [6, 6.07) is 5.44. The van der Waals surface area contributed by atoms with E-state index in [4.69, 9.17) is 4.98 Å². The Morgan fingerprint density at radius 3 is 2.64 bits per heavy atom. The lowest BCUT2D eigenvalue weighted by molar-refractivity contribution is 0.311. The van der Waals surface area contributed by atoms with E-state index in [1.807, 2.05) is 13.0 Å². The molecule has 2 N–H and O–H groups in total. The molecule has 0 unspecified atom stereocenters. The Kier molecular flexibility index (Phi) is 5.75. The Labute approximate surface area is 193 Å². The van der Waals surface area contributed by atoms with Gasteiger partial charge in [0.05, 0.1) is 17.6 Å². The third-order valence-corrected chi connectivity index (χ3v) is 7.52. The first-order valence-electron chi connectivity index (χ1n) is 11.2. The molecule has 0 bridgehead atoms. The summed E-state index contributed by atoms with van der Waals surface area (Å²) in [7, 11) is -1.26. The zero-order valence-electron chi connectivity index (χ0n) is 18.8. The molecule has 33 heavy (non-hydrogen) atoms. The van der Waals surface area contributed by atoms with Crippen molar-refractivity contribution in [2.45, 2.75) is 19.8 Å². The van der Waals surface area contributed by atoms with E-state index in [9.17, 15) is 8.42 Å². The second-order valence-electron chi connectivity index (χ2n) is 8.90. The zero-order valence-corrected chi connectivity index (χ0v) is 19.6. The molecule has 5 rings (SSSR count). The summed E-state index contributed by atoms with van der Waals surface area (Å²) < 4.78 is 27.5. The number of aryl methyl sites for hydroxylation is 1. The van der Waals surface area contributed by atoms with Gasteiger partial charge < -0.3 is 15.1 Å². The van der Waals surface area contributed by atoms with Crippen LogP contribution in [0.3, 0.4) is 0 Å². The van der Waals surface area contributed by atoms with Crippen molar-refractivity contribution in [2.75, 3.05) is 53.9 Å². The van der Waals surface area contributed by atoms with Crippen molar-refractivity contribution in [1.82, 2.24) is 24.8 Å². The monoisotopic (exact) mass is 468 g/mol. The number of fused-ring (bicyclic) bond motifs is 1. The number of rotatable bonds is 7. The molecule has 1 aromatic carbocycles. The van der Waals surface area contributed by atoms with Gasteiger partial charge in [-0.3, -0.25) is 4.72 Å². The average Bonchev–Trinajstić information content (AvgIpc) is 3.59. The normalized spacial score (nSPS) is 17.3. The van der Waals surface area contributed by atoms with Gasteiger partial charge in [0.25, 0.3) is 0 Å². The lowest BCUT2D eigenvalue weighted by atomic mass is 10.2. The maximum absolute atomic E-state index is 12.4. The molecular weight excluding hydrogens is 440 g/mol. The molecule has 1 aliphatic heterocycles. The highest BCUT2D eigenvalue weighted by molar-refractivity contribution is 7.92. The van der Waals surface area contributed by atoms with E-state index in [2.05, 4.69) is 41.8 Å². The molecule has 2 aromatic heterocycles. The molecule has 3 aromatic rings. The van der Waals surface area contributed by atoms with Gasteiger partial charge in [0.1, 0.15) is 17.4 Å². The molecule has 0 spiro atoms. The first-order valence-corrected chi connectivity index (χ1v) is 12.8. The molecule has 0 amide bonds. The van der Waals surface area contributed by atoms with Crippen molar-refractivity contribution >= 4 is 44.2 Å². The van der Waals surface area contributed by atoms with E-state index >= 15 is 0 Å². The Hall–Kier alpha value is -3.05. The molecule has 1 aliphatic carbocycles. The topological polar surface area (TPSA) is 116 Å². The van der Waals surface area contributed by atoms with Crippen LogP contribution in [-0.4, -0.2) is 72.2 Å². The summed E-state index contributed by atoms with van der Waals surface area (Å²) in [6.45, 7) is 5.60. The molecule has 174 valence electrons. The van der Waals surface area contributed by atoms with Gasteiger partial charge in [-0.15, -0.1) is 0 Å². The van der Waals surface area contributed by atoms with Crippen molar-refractivity contribution in [3.05, 3.63) is 36.3 Å². The number of anilines is 4. The lowest BCUT2D eigenvalue weighted by Gasteiger charge is -2.32. The minimum Gasteiger partial charge on any atom is -0.338 e. The van der Waals surface area contributed by atoms with E-state index in [0.717, 1.165) is 50.3 Å². The van der Waals surface area contributed by atoms with Crippen molar-refractivity contribution in [1.29, 1.82) is 0 Å². The number of nitrogens with one attached hydrogen (secondary N) is 2. The number of aromatic nitrogens is 4. The number of likely N-dealkylation sites (N-methyl/N-ethyl adjacent to an activating group) is 1. The molecule has 0 radical (unpaired) electrons. The van der Waals surface area contributed by atoms with E-state index in [-0.39, 0.29) is 11.7 Å². The highest BCUT2D eigenvalue weighted by Crippen LogP contribution is 2.32. The van der Waals surface area contributed by atoms with Crippen LogP contribution in [0.4, 0.5) is 23.1 Å². The smallest absolute Gasteiger partial charge is 0.232 e. The number of hydrogen-bond donors (Lipinski definition) is 2. The number of sulfonamides is 1. The zero-order chi connectivity index (χ0) is 23.0. The predicted molar refractivity (Wildman–Crippen MR) is 129 cm³/mol. The van der Waals surface area contributed by atoms with Gasteiger partial charge in [-0.1, -0.05) is 6.07 Å². The van der Waals surface area contributed by atoms with Crippen molar-refractivity contribution in [3.8, 4) is 0 Å². The third kappa shape index (κ3) is 5.14. The average molecular weight is 469 g/mol. The fraction of sp³-hybridized carbons (Fsp3) is 0.455. The highest BCUT2D eigenvalue weighted by atomic mass is 32.2. The molecule has 2 aliphatic rings. The fourth-order valence-electron chi connectivity index (χ4n) is 3.86. The minimum absolute atomic E-state index is 0.173. The van der Waals surface area contributed by atoms with E-state index in [0.29, 0.717) is 28.5 Å². The van der Waals surface area contributed by atoms with Gasteiger partial charge in [0.2, 0.25) is 16.0 Å². The maximum atomic E-state index is 12.4. The molecule has 2 fully saturated rings. The number of hydrogen-bond acceptors (Lipinski definition) is 9. The predicted octanol–water partition coefficient (Wildman–Crippen LogP) is 2.38. The van der Waals surface area contributed by atoms with Crippen LogP contribution >= 0.6 is 0 Å². The summed E-state index contributed by atoms with van der Waals surface area (Å²) >= 11 is 0. The summed E-state index contributed by atoms with van der Waals surface area (Å²) in [6.07, 6.45) is 5.17. The van der Waals surface area contributed by atoms with Crippen LogP contribution < -0.4 is 14.9 Å². The molecule has 3 heterocycles. The standard InChI is InChI=1S/C22H28N8O2S/c1-15-3-6-17(28-33(31,32)13-16-4-5-16)11-18(15)26-21-20-19(24-14-25-21)12-23-22(27-20)30-9-7-29(2)8-10-30/h3,6,11-12,14,16,28H,4-5,7-10,13H2,1-2H3,(H,24,25,26). The highest BCUT2D eigenvalue weighted by Gasteiger charge is 2.28. The Bertz CT molecular complexity index is 1270. The number of benzene rings is 1. The summed E-state index contributed by atoms with van der Waals surface area (Å²) in [4.78, 5) is 22.4. The van der Waals surface area contributed by atoms with Crippen LogP contribution in [0.15, 0.2) is 30.7 Å².